The lowest BCUT2D eigenvalue weighted by Gasteiger charge is -2.13. The summed E-state index contributed by atoms with van der Waals surface area (Å²) in [7, 11) is 1.33. The van der Waals surface area contributed by atoms with E-state index in [0.29, 0.717) is 12.0 Å². The third-order valence-corrected chi connectivity index (χ3v) is 2.19. The first-order valence-electron chi connectivity index (χ1n) is 5.03. The molecule has 0 fully saturated rings. The minimum atomic E-state index is -2.68. The molecule has 0 saturated heterocycles. The maximum atomic E-state index is 12.7. The minimum absolute atomic E-state index is 0.150. The van der Waals surface area contributed by atoms with Gasteiger partial charge in [-0.1, -0.05) is 12.2 Å². The van der Waals surface area contributed by atoms with E-state index >= 15 is 0 Å². The molecule has 2 N–H and O–H groups in total. The van der Waals surface area contributed by atoms with Crippen LogP contribution in [-0.2, 0) is 11.3 Å². The number of rotatable bonds is 5. The molecule has 94 valence electrons. The van der Waals surface area contributed by atoms with Gasteiger partial charge in [-0.15, -0.1) is 0 Å². The second-order valence-electron chi connectivity index (χ2n) is 3.81. The van der Waals surface area contributed by atoms with Crippen molar-refractivity contribution in [2.75, 3.05) is 12.6 Å². The fourth-order valence-corrected chi connectivity index (χ4v) is 1.49. The average molecular weight is 243 g/mol. The average Bonchev–Trinajstić information content (AvgIpc) is 2.21. The Balaban J connectivity index is 3.19. The Hall–Kier alpha value is -1.62. The third kappa shape index (κ3) is 3.42. The van der Waals surface area contributed by atoms with E-state index in [1.807, 2.05) is 0 Å². The second kappa shape index (κ2) is 5.63. The SMILES string of the molecule is C=C(C)Cc1cc(NOC)c(C(F)F)cc1O. The van der Waals surface area contributed by atoms with Crippen LogP contribution in [0.2, 0.25) is 0 Å². The maximum Gasteiger partial charge on any atom is 0.266 e. The van der Waals surface area contributed by atoms with Crippen molar-refractivity contribution >= 4 is 5.69 Å². The number of benzene rings is 1. The molecule has 0 atom stereocenters. The van der Waals surface area contributed by atoms with Crippen molar-refractivity contribution in [2.45, 2.75) is 19.8 Å². The summed E-state index contributed by atoms with van der Waals surface area (Å²) in [5.41, 5.74) is 3.59. The maximum absolute atomic E-state index is 12.7. The van der Waals surface area contributed by atoms with Crippen molar-refractivity contribution in [3.05, 3.63) is 35.4 Å². The van der Waals surface area contributed by atoms with Crippen molar-refractivity contribution in [3.8, 4) is 5.75 Å². The van der Waals surface area contributed by atoms with Crippen molar-refractivity contribution in [2.24, 2.45) is 0 Å². The molecule has 0 heterocycles. The summed E-state index contributed by atoms with van der Waals surface area (Å²) in [5, 5.41) is 9.64. The van der Waals surface area contributed by atoms with Crippen LogP contribution in [0.3, 0.4) is 0 Å². The van der Waals surface area contributed by atoms with Gasteiger partial charge < -0.3 is 5.11 Å². The topological polar surface area (TPSA) is 41.5 Å². The lowest BCUT2D eigenvalue weighted by atomic mass is 10.0. The molecule has 5 heteroatoms. The van der Waals surface area contributed by atoms with E-state index in [1.165, 1.54) is 13.2 Å². The Kier molecular flexibility index (Phi) is 4.45. The van der Waals surface area contributed by atoms with Gasteiger partial charge in [0.05, 0.1) is 12.8 Å². The van der Waals surface area contributed by atoms with Crippen LogP contribution >= 0.6 is 0 Å². The van der Waals surface area contributed by atoms with Gasteiger partial charge >= 0.3 is 0 Å². The second-order valence-corrected chi connectivity index (χ2v) is 3.81. The van der Waals surface area contributed by atoms with Gasteiger partial charge in [-0.3, -0.25) is 10.3 Å². The number of allylic oxidation sites excluding steroid dienone is 1. The van der Waals surface area contributed by atoms with E-state index in [4.69, 9.17) is 0 Å². The number of anilines is 1. The molecule has 0 aromatic heterocycles. The first-order valence-corrected chi connectivity index (χ1v) is 5.03. The fraction of sp³-hybridized carbons (Fsp3) is 0.333. The Morgan fingerprint density at radius 3 is 2.65 bits per heavy atom. The zero-order chi connectivity index (χ0) is 13.0. The van der Waals surface area contributed by atoms with Gasteiger partial charge in [0.25, 0.3) is 6.43 Å². The Morgan fingerprint density at radius 2 is 2.18 bits per heavy atom. The fourth-order valence-electron chi connectivity index (χ4n) is 1.49. The summed E-state index contributed by atoms with van der Waals surface area (Å²) in [5.74, 6) is -0.162. The number of hydrogen-bond donors (Lipinski definition) is 2. The number of nitrogens with one attached hydrogen (secondary N) is 1. The van der Waals surface area contributed by atoms with E-state index < -0.39 is 6.43 Å². The molecule has 0 aliphatic carbocycles. The standard InChI is InChI=1S/C12H15F2NO2/c1-7(2)4-8-5-10(15-17-3)9(12(13)14)6-11(8)16/h5-6,12,15-16H,1,4H2,2-3H3. The van der Waals surface area contributed by atoms with E-state index in [2.05, 4.69) is 16.9 Å². The highest BCUT2D eigenvalue weighted by molar-refractivity contribution is 5.57. The number of phenolic OH excluding ortho intramolecular Hbond substituents is 1. The van der Waals surface area contributed by atoms with Crippen molar-refractivity contribution < 1.29 is 18.7 Å². The van der Waals surface area contributed by atoms with Crippen LogP contribution in [0, 0.1) is 0 Å². The summed E-state index contributed by atoms with van der Waals surface area (Å²) in [4.78, 5) is 4.63. The first-order chi connectivity index (χ1) is 7.95. The van der Waals surface area contributed by atoms with E-state index in [9.17, 15) is 13.9 Å². The molecule has 0 saturated carbocycles. The quantitative estimate of drug-likeness (QED) is 0.473. The minimum Gasteiger partial charge on any atom is -0.508 e. The van der Waals surface area contributed by atoms with Gasteiger partial charge in [0, 0.05) is 11.1 Å². The van der Waals surface area contributed by atoms with Crippen LogP contribution in [0.4, 0.5) is 14.5 Å². The number of phenols is 1. The van der Waals surface area contributed by atoms with Gasteiger partial charge in [0.15, 0.2) is 0 Å². The number of halogens is 2. The molecule has 0 aliphatic rings. The predicted octanol–water partition coefficient (Wildman–Crippen LogP) is 3.42. The van der Waals surface area contributed by atoms with Gasteiger partial charge in [-0.05, 0) is 25.5 Å². The molecule has 17 heavy (non-hydrogen) atoms. The summed E-state index contributed by atoms with van der Waals surface area (Å²) in [6.45, 7) is 5.51. The highest BCUT2D eigenvalue weighted by atomic mass is 19.3. The highest BCUT2D eigenvalue weighted by Gasteiger charge is 2.16. The van der Waals surface area contributed by atoms with Gasteiger partial charge in [-0.25, -0.2) is 8.78 Å². The lowest BCUT2D eigenvalue weighted by Crippen LogP contribution is -2.02. The molecule has 0 radical (unpaired) electrons. The molecule has 3 nitrogen and oxygen atoms in total. The third-order valence-electron chi connectivity index (χ3n) is 2.19. The smallest absolute Gasteiger partial charge is 0.266 e. The molecular formula is C12H15F2NO2. The largest absolute Gasteiger partial charge is 0.508 e. The zero-order valence-electron chi connectivity index (χ0n) is 9.76. The first kappa shape index (κ1) is 13.4. The number of alkyl halides is 2. The van der Waals surface area contributed by atoms with E-state index in [1.54, 1.807) is 6.92 Å². The molecule has 1 aromatic carbocycles. The van der Waals surface area contributed by atoms with E-state index in [0.717, 1.165) is 11.6 Å². The molecule has 0 bridgehead atoms. The van der Waals surface area contributed by atoms with Crippen LogP contribution < -0.4 is 5.48 Å². The van der Waals surface area contributed by atoms with Crippen LogP contribution in [-0.4, -0.2) is 12.2 Å². The summed E-state index contributed by atoms with van der Waals surface area (Å²) < 4.78 is 25.4. The lowest BCUT2D eigenvalue weighted by molar-refractivity contribution is 0.150. The summed E-state index contributed by atoms with van der Waals surface area (Å²) in [6.07, 6.45) is -2.26. The zero-order valence-corrected chi connectivity index (χ0v) is 9.76. The van der Waals surface area contributed by atoms with Crippen LogP contribution in [0.15, 0.2) is 24.3 Å². The number of aromatic hydroxyl groups is 1. The highest BCUT2D eigenvalue weighted by Crippen LogP contribution is 2.34. The molecule has 0 aliphatic heterocycles. The van der Waals surface area contributed by atoms with Crippen LogP contribution in [0.5, 0.6) is 5.75 Å². The van der Waals surface area contributed by atoms with Crippen LogP contribution in [0.25, 0.3) is 0 Å². The molecule has 0 amide bonds. The summed E-state index contributed by atoms with van der Waals surface area (Å²) >= 11 is 0. The van der Waals surface area contributed by atoms with Gasteiger partial charge in [-0.2, -0.15) is 0 Å². The Morgan fingerprint density at radius 1 is 1.53 bits per heavy atom. The molecule has 1 aromatic rings. The molecular weight excluding hydrogens is 228 g/mol. The normalized spacial score (nSPS) is 10.6. The predicted molar refractivity (Wildman–Crippen MR) is 62.2 cm³/mol. The van der Waals surface area contributed by atoms with Gasteiger partial charge in [0.1, 0.15) is 5.75 Å². The van der Waals surface area contributed by atoms with Gasteiger partial charge in [0.2, 0.25) is 0 Å². The Bertz CT molecular complexity index is 419. The summed E-state index contributed by atoms with van der Waals surface area (Å²) in [6, 6.07) is 2.49. The van der Waals surface area contributed by atoms with Crippen molar-refractivity contribution in [1.29, 1.82) is 0 Å². The monoisotopic (exact) mass is 243 g/mol. The Labute approximate surface area is 98.7 Å². The van der Waals surface area contributed by atoms with Crippen molar-refractivity contribution in [1.82, 2.24) is 0 Å². The number of hydrogen-bond acceptors (Lipinski definition) is 3. The molecule has 1 rings (SSSR count). The molecule has 0 unspecified atom stereocenters. The van der Waals surface area contributed by atoms with Crippen molar-refractivity contribution in [3.63, 3.8) is 0 Å². The van der Waals surface area contributed by atoms with Crippen LogP contribution in [0.1, 0.15) is 24.5 Å². The van der Waals surface area contributed by atoms with E-state index in [-0.39, 0.29) is 17.0 Å². The molecule has 0 spiro atoms.